The van der Waals surface area contributed by atoms with Crippen LogP contribution >= 0.6 is 23.7 Å². The minimum absolute atomic E-state index is 0. The Hall–Kier alpha value is -2.36. The van der Waals surface area contributed by atoms with Crippen LogP contribution in [0, 0.1) is 6.92 Å². The van der Waals surface area contributed by atoms with E-state index in [9.17, 15) is 18.0 Å². The minimum Gasteiger partial charge on any atom is -0.406 e. The highest BCUT2D eigenvalue weighted by Gasteiger charge is 2.31. The highest BCUT2D eigenvalue weighted by Crippen LogP contribution is 2.33. The number of fused-ring (bicyclic) bond motifs is 1. The number of nitrogens with zero attached hydrogens (tertiary/aromatic N) is 3. The summed E-state index contributed by atoms with van der Waals surface area (Å²) in [7, 11) is 3.81. The number of carbonyl (C=O) groups excluding carboxylic acids is 1. The molecule has 0 unspecified atom stereocenters. The third-order valence-corrected chi connectivity index (χ3v) is 5.36. The van der Waals surface area contributed by atoms with Gasteiger partial charge in [0.2, 0.25) is 5.91 Å². The van der Waals surface area contributed by atoms with Crippen molar-refractivity contribution >= 4 is 45.0 Å². The van der Waals surface area contributed by atoms with Gasteiger partial charge in [0.25, 0.3) is 0 Å². The van der Waals surface area contributed by atoms with E-state index in [0.29, 0.717) is 28.4 Å². The molecule has 168 valence electrons. The van der Waals surface area contributed by atoms with Crippen LogP contribution in [-0.4, -0.2) is 49.3 Å². The SMILES string of the molecule is Cc1cccc(CC(=O)N(CCN(C)C)c2nc3ccc(OC(F)(F)F)cc3s2)c1.Cl. The van der Waals surface area contributed by atoms with Gasteiger partial charge in [-0.15, -0.1) is 25.6 Å². The fourth-order valence-electron chi connectivity index (χ4n) is 2.92. The molecule has 1 heterocycles. The van der Waals surface area contributed by atoms with E-state index in [0.717, 1.165) is 11.1 Å². The molecule has 1 amide bonds. The fraction of sp³-hybridized carbons (Fsp3) is 0.333. The Labute approximate surface area is 188 Å². The van der Waals surface area contributed by atoms with Crippen molar-refractivity contribution < 1.29 is 22.7 Å². The predicted molar refractivity (Wildman–Crippen MR) is 119 cm³/mol. The van der Waals surface area contributed by atoms with Crippen molar-refractivity contribution in [3.63, 3.8) is 0 Å². The van der Waals surface area contributed by atoms with Crippen molar-refractivity contribution in [3.8, 4) is 5.75 Å². The molecule has 5 nitrogen and oxygen atoms in total. The Bertz CT molecular complexity index is 1040. The third kappa shape index (κ3) is 7.09. The monoisotopic (exact) mass is 473 g/mol. The lowest BCUT2D eigenvalue weighted by molar-refractivity contribution is -0.274. The molecule has 0 bridgehead atoms. The average Bonchev–Trinajstić information content (AvgIpc) is 3.03. The Morgan fingerprint density at radius 2 is 1.87 bits per heavy atom. The van der Waals surface area contributed by atoms with Crippen molar-refractivity contribution in [3.05, 3.63) is 53.6 Å². The number of carbonyl (C=O) groups is 1. The van der Waals surface area contributed by atoms with E-state index in [1.54, 1.807) is 4.90 Å². The van der Waals surface area contributed by atoms with Crippen molar-refractivity contribution in [2.45, 2.75) is 19.7 Å². The zero-order chi connectivity index (χ0) is 21.9. The number of thiazole rings is 1. The van der Waals surface area contributed by atoms with Crippen LogP contribution in [-0.2, 0) is 11.2 Å². The van der Waals surface area contributed by atoms with E-state index in [4.69, 9.17) is 0 Å². The molecular formula is C21H23ClF3N3O2S. The first-order chi connectivity index (χ1) is 14.1. The Balaban J connectivity index is 0.00000341. The van der Waals surface area contributed by atoms with Gasteiger partial charge >= 0.3 is 6.36 Å². The molecule has 0 saturated heterocycles. The van der Waals surface area contributed by atoms with E-state index in [-0.39, 0.29) is 30.5 Å². The molecule has 0 atom stereocenters. The summed E-state index contributed by atoms with van der Waals surface area (Å²) in [4.78, 5) is 21.1. The first kappa shape index (κ1) is 24.9. The van der Waals surface area contributed by atoms with E-state index in [1.807, 2.05) is 50.2 Å². The molecule has 0 spiro atoms. The van der Waals surface area contributed by atoms with Gasteiger partial charge in [-0.1, -0.05) is 41.2 Å². The van der Waals surface area contributed by atoms with Crippen LogP contribution in [0.25, 0.3) is 10.2 Å². The number of aryl methyl sites for hydroxylation is 1. The summed E-state index contributed by atoms with van der Waals surface area (Å²) < 4.78 is 42.0. The lowest BCUT2D eigenvalue weighted by Gasteiger charge is -2.22. The molecule has 0 N–H and O–H groups in total. The standard InChI is InChI=1S/C21H22F3N3O2S.ClH/c1-14-5-4-6-15(11-14)12-19(28)27(10-9-26(2)3)20-25-17-8-7-16(13-18(17)30-20)29-21(22,23)24;/h4-8,11,13H,9-10,12H2,1-3H3;1H. The van der Waals surface area contributed by atoms with Gasteiger partial charge in [0.15, 0.2) is 5.13 Å². The zero-order valence-electron chi connectivity index (χ0n) is 17.3. The molecule has 1 aromatic heterocycles. The smallest absolute Gasteiger partial charge is 0.406 e. The number of hydrogen-bond donors (Lipinski definition) is 0. The molecule has 10 heteroatoms. The quantitative estimate of drug-likeness (QED) is 0.481. The summed E-state index contributed by atoms with van der Waals surface area (Å²) in [6, 6.07) is 11.7. The molecule has 0 aliphatic heterocycles. The highest BCUT2D eigenvalue weighted by molar-refractivity contribution is 7.22. The van der Waals surface area contributed by atoms with Crippen molar-refractivity contribution in [1.29, 1.82) is 0 Å². The van der Waals surface area contributed by atoms with Gasteiger partial charge in [0.05, 0.1) is 16.6 Å². The Kier molecular flexibility index (Phi) is 8.27. The van der Waals surface area contributed by atoms with Crippen LogP contribution in [0.3, 0.4) is 0 Å². The summed E-state index contributed by atoms with van der Waals surface area (Å²) in [5.41, 5.74) is 2.48. The summed E-state index contributed by atoms with van der Waals surface area (Å²) in [5, 5.41) is 0.452. The summed E-state index contributed by atoms with van der Waals surface area (Å²) in [6.45, 7) is 3.01. The number of benzene rings is 2. The highest BCUT2D eigenvalue weighted by atomic mass is 35.5. The van der Waals surface area contributed by atoms with Gasteiger partial charge in [-0.25, -0.2) is 4.98 Å². The maximum absolute atomic E-state index is 13.1. The maximum atomic E-state index is 13.1. The van der Waals surface area contributed by atoms with Crippen molar-refractivity contribution in [2.24, 2.45) is 0 Å². The molecule has 0 saturated carbocycles. The third-order valence-electron chi connectivity index (χ3n) is 4.32. The fourth-order valence-corrected chi connectivity index (χ4v) is 3.96. The first-order valence-electron chi connectivity index (χ1n) is 9.28. The van der Waals surface area contributed by atoms with Crippen LogP contribution < -0.4 is 9.64 Å². The second-order valence-corrected chi connectivity index (χ2v) is 8.20. The van der Waals surface area contributed by atoms with Crippen LogP contribution in [0.4, 0.5) is 18.3 Å². The molecular weight excluding hydrogens is 451 g/mol. The average molecular weight is 474 g/mol. The largest absolute Gasteiger partial charge is 0.573 e. The second kappa shape index (κ2) is 10.3. The zero-order valence-corrected chi connectivity index (χ0v) is 18.9. The number of halogens is 4. The number of anilines is 1. The lowest BCUT2D eigenvalue weighted by atomic mass is 10.1. The summed E-state index contributed by atoms with van der Waals surface area (Å²) in [6.07, 6.45) is -4.55. The molecule has 31 heavy (non-hydrogen) atoms. The summed E-state index contributed by atoms with van der Waals surface area (Å²) in [5.74, 6) is -0.426. The van der Waals surface area contributed by atoms with E-state index < -0.39 is 6.36 Å². The van der Waals surface area contributed by atoms with Gasteiger partial charge in [-0.2, -0.15) is 0 Å². The normalized spacial score (nSPS) is 11.5. The number of rotatable bonds is 7. The molecule has 0 aliphatic carbocycles. The van der Waals surface area contributed by atoms with Crippen molar-refractivity contribution in [2.75, 3.05) is 32.1 Å². The lowest BCUT2D eigenvalue weighted by Crippen LogP contribution is -2.37. The number of ether oxygens (including phenoxy) is 1. The number of hydrogen-bond acceptors (Lipinski definition) is 5. The van der Waals surface area contributed by atoms with Crippen LogP contribution in [0.15, 0.2) is 42.5 Å². The Morgan fingerprint density at radius 3 is 2.52 bits per heavy atom. The molecule has 2 aromatic carbocycles. The van der Waals surface area contributed by atoms with Gasteiger partial charge in [-0.05, 0) is 38.7 Å². The second-order valence-electron chi connectivity index (χ2n) is 7.19. The summed E-state index contributed by atoms with van der Waals surface area (Å²) >= 11 is 1.17. The van der Waals surface area contributed by atoms with E-state index >= 15 is 0 Å². The molecule has 3 rings (SSSR count). The van der Waals surface area contributed by atoms with Gasteiger partial charge in [0, 0.05) is 19.2 Å². The maximum Gasteiger partial charge on any atom is 0.573 e. The van der Waals surface area contributed by atoms with Gasteiger partial charge in [-0.3, -0.25) is 9.69 Å². The van der Waals surface area contributed by atoms with Gasteiger partial charge in [0.1, 0.15) is 5.75 Å². The number of likely N-dealkylation sites (N-methyl/N-ethyl adjacent to an activating group) is 1. The van der Waals surface area contributed by atoms with Crippen LogP contribution in [0.1, 0.15) is 11.1 Å². The number of alkyl halides is 3. The molecule has 0 radical (unpaired) electrons. The van der Waals surface area contributed by atoms with Crippen LogP contribution in [0.5, 0.6) is 5.75 Å². The number of aromatic nitrogens is 1. The topological polar surface area (TPSA) is 45.7 Å². The Morgan fingerprint density at radius 1 is 1.13 bits per heavy atom. The molecule has 0 aliphatic rings. The minimum atomic E-state index is -4.76. The van der Waals surface area contributed by atoms with Crippen molar-refractivity contribution in [1.82, 2.24) is 9.88 Å². The van der Waals surface area contributed by atoms with E-state index in [1.165, 1.54) is 29.5 Å². The molecule has 0 fully saturated rings. The van der Waals surface area contributed by atoms with E-state index in [2.05, 4.69) is 9.72 Å². The van der Waals surface area contributed by atoms with Gasteiger partial charge < -0.3 is 9.64 Å². The number of amides is 1. The molecule has 3 aromatic rings. The predicted octanol–water partition coefficient (Wildman–Crippen LogP) is 5.06. The first-order valence-corrected chi connectivity index (χ1v) is 10.1. The van der Waals surface area contributed by atoms with Crippen LogP contribution in [0.2, 0.25) is 0 Å².